The van der Waals surface area contributed by atoms with Crippen molar-refractivity contribution in [2.45, 2.75) is 12.5 Å². The second-order valence-corrected chi connectivity index (χ2v) is 4.41. The van der Waals surface area contributed by atoms with Gasteiger partial charge in [0.05, 0.1) is 11.6 Å². The third-order valence-electron chi connectivity index (χ3n) is 2.78. The average Bonchev–Trinajstić information content (AvgIpc) is 2.64. The normalized spacial score (nSPS) is 17.5. The number of halogens is 1. The molecule has 1 amide bonds. The number of hydrogen-bond donors (Lipinski definition) is 3. The number of fused-ring (bicyclic) bond motifs is 1. The van der Waals surface area contributed by atoms with Gasteiger partial charge in [-0.2, -0.15) is 0 Å². The molecule has 1 aliphatic heterocycles. The van der Waals surface area contributed by atoms with Crippen LogP contribution in [0.1, 0.15) is 18.0 Å². The number of rotatable bonds is 5. The summed E-state index contributed by atoms with van der Waals surface area (Å²) >= 11 is 6.10. The highest BCUT2D eigenvalue weighted by molar-refractivity contribution is 6.32. The number of amides is 1. The van der Waals surface area contributed by atoms with Gasteiger partial charge in [-0.15, -0.1) is 0 Å². The Kier molecular flexibility index (Phi) is 4.06. The Labute approximate surface area is 110 Å². The average molecular weight is 271 g/mol. The fourth-order valence-electron chi connectivity index (χ4n) is 1.91. The minimum absolute atomic E-state index is 0.0706. The topological polar surface area (TPSA) is 70.6 Å². The predicted molar refractivity (Wildman–Crippen MR) is 69.1 cm³/mol. The van der Waals surface area contributed by atoms with Crippen LogP contribution in [0, 0.1) is 0 Å². The summed E-state index contributed by atoms with van der Waals surface area (Å²) in [5.74, 6) is 0.414. The molecule has 18 heavy (non-hydrogen) atoms. The number of ether oxygens (including phenoxy) is 1. The minimum Gasteiger partial charge on any atom is -0.492 e. The van der Waals surface area contributed by atoms with E-state index in [2.05, 4.69) is 10.6 Å². The van der Waals surface area contributed by atoms with Crippen LogP contribution in [0.3, 0.4) is 0 Å². The lowest BCUT2D eigenvalue weighted by molar-refractivity contribution is -0.117. The van der Waals surface area contributed by atoms with Crippen molar-refractivity contribution in [1.29, 1.82) is 0 Å². The third-order valence-corrected chi connectivity index (χ3v) is 3.08. The zero-order valence-electron chi connectivity index (χ0n) is 10.00. The molecule has 1 aromatic carbocycles. The highest BCUT2D eigenvalue weighted by atomic mass is 35.5. The zero-order valence-corrected chi connectivity index (χ0v) is 10.8. The Morgan fingerprint density at radius 3 is 3.00 bits per heavy atom. The molecule has 1 aromatic rings. The van der Waals surface area contributed by atoms with Crippen molar-refractivity contribution in [3.63, 3.8) is 0 Å². The SMILES string of the molecule is CNC1C(=O)Nc2cc(OCCCO)c(Cl)cc21. The van der Waals surface area contributed by atoms with E-state index in [0.717, 1.165) is 5.56 Å². The van der Waals surface area contributed by atoms with Crippen molar-refractivity contribution in [3.05, 3.63) is 22.7 Å². The first-order chi connectivity index (χ1) is 8.67. The molecular formula is C12H15ClN2O3. The highest BCUT2D eigenvalue weighted by Gasteiger charge is 2.30. The summed E-state index contributed by atoms with van der Waals surface area (Å²) < 4.78 is 5.44. The number of aliphatic hydroxyl groups excluding tert-OH is 1. The van der Waals surface area contributed by atoms with Crippen LogP contribution in [-0.2, 0) is 4.79 Å². The number of benzene rings is 1. The van der Waals surface area contributed by atoms with Crippen LogP contribution in [0.25, 0.3) is 0 Å². The van der Waals surface area contributed by atoms with E-state index < -0.39 is 0 Å². The van der Waals surface area contributed by atoms with E-state index in [1.54, 1.807) is 19.2 Å². The van der Waals surface area contributed by atoms with Crippen LogP contribution in [-0.4, -0.2) is 31.3 Å². The van der Waals surface area contributed by atoms with Gasteiger partial charge < -0.3 is 20.5 Å². The maximum Gasteiger partial charge on any atom is 0.246 e. The lowest BCUT2D eigenvalue weighted by Gasteiger charge is -2.11. The van der Waals surface area contributed by atoms with Crippen molar-refractivity contribution < 1.29 is 14.6 Å². The van der Waals surface area contributed by atoms with Gasteiger partial charge in [0, 0.05) is 30.3 Å². The molecule has 0 saturated carbocycles. The van der Waals surface area contributed by atoms with Crippen LogP contribution in [0.4, 0.5) is 5.69 Å². The predicted octanol–water partition coefficient (Wildman–Crippen LogP) is 1.31. The summed E-state index contributed by atoms with van der Waals surface area (Å²) in [5, 5.41) is 14.8. The van der Waals surface area contributed by atoms with Crippen molar-refractivity contribution in [1.82, 2.24) is 5.32 Å². The monoisotopic (exact) mass is 270 g/mol. The summed E-state index contributed by atoms with van der Waals surface area (Å²) in [6, 6.07) is 3.07. The molecule has 6 heteroatoms. The van der Waals surface area contributed by atoms with Gasteiger partial charge in [-0.05, 0) is 13.1 Å². The quantitative estimate of drug-likeness (QED) is 0.706. The highest BCUT2D eigenvalue weighted by Crippen LogP contribution is 2.38. The lowest BCUT2D eigenvalue weighted by Crippen LogP contribution is -2.23. The first-order valence-electron chi connectivity index (χ1n) is 5.72. The molecule has 0 bridgehead atoms. The van der Waals surface area contributed by atoms with Gasteiger partial charge in [0.25, 0.3) is 0 Å². The molecule has 0 fully saturated rings. The summed E-state index contributed by atoms with van der Waals surface area (Å²) in [6.07, 6.45) is 0.541. The van der Waals surface area contributed by atoms with E-state index in [-0.39, 0.29) is 18.6 Å². The number of likely N-dealkylation sites (N-methyl/N-ethyl adjacent to an activating group) is 1. The molecule has 1 aliphatic rings. The van der Waals surface area contributed by atoms with Gasteiger partial charge in [0.2, 0.25) is 5.91 Å². The molecule has 0 radical (unpaired) electrons. The molecule has 1 atom stereocenters. The Hall–Kier alpha value is -1.30. The number of carbonyl (C=O) groups is 1. The second-order valence-electron chi connectivity index (χ2n) is 4.01. The second kappa shape index (κ2) is 5.56. The van der Waals surface area contributed by atoms with E-state index in [4.69, 9.17) is 21.4 Å². The van der Waals surface area contributed by atoms with Crippen molar-refractivity contribution in [3.8, 4) is 5.75 Å². The molecule has 0 aliphatic carbocycles. The van der Waals surface area contributed by atoms with Crippen molar-refractivity contribution in [2.24, 2.45) is 0 Å². The zero-order chi connectivity index (χ0) is 13.1. The van der Waals surface area contributed by atoms with Crippen LogP contribution < -0.4 is 15.4 Å². The summed E-state index contributed by atoms with van der Waals surface area (Å²) in [4.78, 5) is 11.7. The maximum atomic E-state index is 11.7. The number of hydrogen-bond acceptors (Lipinski definition) is 4. The van der Waals surface area contributed by atoms with E-state index in [9.17, 15) is 4.79 Å². The fraction of sp³-hybridized carbons (Fsp3) is 0.417. The molecule has 0 saturated heterocycles. The van der Waals surface area contributed by atoms with Gasteiger partial charge >= 0.3 is 0 Å². The summed E-state index contributed by atoms with van der Waals surface area (Å²) in [5.41, 5.74) is 1.53. The van der Waals surface area contributed by atoms with Gasteiger partial charge in [-0.1, -0.05) is 11.6 Å². The van der Waals surface area contributed by atoms with Gasteiger partial charge in [0.1, 0.15) is 11.8 Å². The molecule has 0 aromatic heterocycles. The Balaban J connectivity index is 2.22. The van der Waals surface area contributed by atoms with E-state index in [0.29, 0.717) is 29.5 Å². The summed E-state index contributed by atoms with van der Waals surface area (Å²) in [6.45, 7) is 0.458. The molecule has 0 spiro atoms. The fourth-order valence-corrected chi connectivity index (χ4v) is 2.13. The number of nitrogens with one attached hydrogen (secondary N) is 2. The third kappa shape index (κ3) is 2.43. The smallest absolute Gasteiger partial charge is 0.246 e. The Bertz CT molecular complexity index is 465. The number of aliphatic hydroxyl groups is 1. The Morgan fingerprint density at radius 1 is 1.56 bits per heavy atom. The number of anilines is 1. The first kappa shape index (κ1) is 13.1. The van der Waals surface area contributed by atoms with Crippen LogP contribution in [0.15, 0.2) is 12.1 Å². The standard InChI is InChI=1S/C12H15ClN2O3/c1-14-11-7-5-8(13)10(18-4-2-3-16)6-9(7)15-12(11)17/h5-6,11,14,16H,2-4H2,1H3,(H,15,17). The van der Waals surface area contributed by atoms with Gasteiger partial charge in [-0.3, -0.25) is 4.79 Å². The van der Waals surface area contributed by atoms with Crippen molar-refractivity contribution >= 4 is 23.2 Å². The molecule has 2 rings (SSSR count). The van der Waals surface area contributed by atoms with Crippen LogP contribution in [0.2, 0.25) is 5.02 Å². The molecular weight excluding hydrogens is 256 g/mol. The molecule has 3 N–H and O–H groups in total. The minimum atomic E-state index is -0.371. The summed E-state index contributed by atoms with van der Waals surface area (Å²) in [7, 11) is 1.72. The van der Waals surface area contributed by atoms with E-state index >= 15 is 0 Å². The molecule has 1 heterocycles. The first-order valence-corrected chi connectivity index (χ1v) is 6.10. The number of carbonyl (C=O) groups excluding carboxylic acids is 1. The van der Waals surface area contributed by atoms with Crippen molar-refractivity contribution in [2.75, 3.05) is 25.6 Å². The lowest BCUT2D eigenvalue weighted by atomic mass is 10.1. The van der Waals surface area contributed by atoms with Gasteiger partial charge in [-0.25, -0.2) is 0 Å². The Morgan fingerprint density at radius 2 is 2.33 bits per heavy atom. The van der Waals surface area contributed by atoms with Gasteiger partial charge in [0.15, 0.2) is 0 Å². The molecule has 5 nitrogen and oxygen atoms in total. The molecule has 98 valence electrons. The molecule has 1 unspecified atom stereocenters. The van der Waals surface area contributed by atoms with E-state index in [1.165, 1.54) is 0 Å². The van der Waals surface area contributed by atoms with E-state index in [1.807, 2.05) is 0 Å². The van der Waals surface area contributed by atoms with Crippen LogP contribution in [0.5, 0.6) is 5.75 Å². The largest absolute Gasteiger partial charge is 0.492 e. The van der Waals surface area contributed by atoms with Crippen LogP contribution >= 0.6 is 11.6 Å². The maximum absolute atomic E-state index is 11.7.